The molecule has 0 bridgehead atoms. The highest BCUT2D eigenvalue weighted by Gasteiger charge is 2.52. The molecule has 0 aromatic carbocycles. The van der Waals surface area contributed by atoms with E-state index in [4.69, 9.17) is 30.5 Å². The minimum Gasteiger partial charge on any atom is -0.463 e. The monoisotopic (exact) mass is 749 g/mol. The van der Waals surface area contributed by atoms with Gasteiger partial charge in [0, 0.05) is 70.2 Å². The second-order valence-corrected chi connectivity index (χ2v) is 12.5. The van der Waals surface area contributed by atoms with Gasteiger partial charge in [0.15, 0.2) is 12.2 Å². The lowest BCUT2D eigenvalue weighted by Crippen LogP contribution is -2.57. The molecule has 1 saturated heterocycles. The Morgan fingerprint density at radius 3 is 2.59 bits per heavy atom. The standard InChI is InChI=1S/C24H21ClIN5O7S3/c1-12(32)35-10-18-21(36-13(2)33)20(31-9-17(29-30-31)23-28-19(25)11-39-23)22(37-14(3)34)24(38-18)41-16-6-15(4-5-40-26)7-27-8-16/h6-9,11,18,20-22,24H,10H2,1-3H3. The van der Waals surface area contributed by atoms with E-state index in [9.17, 15) is 14.4 Å². The van der Waals surface area contributed by atoms with Crippen molar-refractivity contribution in [2.24, 2.45) is 0 Å². The molecular weight excluding hydrogens is 729 g/mol. The van der Waals surface area contributed by atoms with E-state index in [0.29, 0.717) is 26.3 Å². The molecule has 4 rings (SSSR count). The first-order chi connectivity index (χ1) is 19.6. The molecule has 41 heavy (non-hydrogen) atoms. The van der Waals surface area contributed by atoms with Crippen molar-refractivity contribution in [2.75, 3.05) is 6.61 Å². The molecule has 5 unspecified atom stereocenters. The van der Waals surface area contributed by atoms with Crippen molar-refractivity contribution >= 4 is 82.7 Å². The van der Waals surface area contributed by atoms with Crippen LogP contribution in [-0.4, -0.2) is 73.2 Å². The smallest absolute Gasteiger partial charge is 0.303 e. The summed E-state index contributed by atoms with van der Waals surface area (Å²) in [5.41, 5.74) is 0.205. The number of ether oxygens (including phenoxy) is 4. The van der Waals surface area contributed by atoms with Crippen LogP contribution in [-0.2, 0) is 33.3 Å². The molecule has 17 heteroatoms. The lowest BCUT2D eigenvalue weighted by atomic mass is 9.96. The van der Waals surface area contributed by atoms with Gasteiger partial charge in [0.1, 0.15) is 40.0 Å². The van der Waals surface area contributed by atoms with Crippen LogP contribution < -0.4 is 0 Å². The van der Waals surface area contributed by atoms with Gasteiger partial charge >= 0.3 is 17.9 Å². The van der Waals surface area contributed by atoms with Gasteiger partial charge in [0.05, 0.1) is 6.20 Å². The second-order valence-electron chi connectivity index (χ2n) is 8.37. The number of rotatable bonds is 8. The number of nitrogens with zero attached hydrogens (tertiary/aromatic N) is 5. The average molecular weight is 750 g/mol. The highest BCUT2D eigenvalue weighted by molar-refractivity contribution is 14.2. The summed E-state index contributed by atoms with van der Waals surface area (Å²) in [6, 6.07) is 0.886. The van der Waals surface area contributed by atoms with Crippen molar-refractivity contribution in [1.29, 1.82) is 0 Å². The van der Waals surface area contributed by atoms with Crippen LogP contribution in [0.3, 0.4) is 0 Å². The highest BCUT2D eigenvalue weighted by Crippen LogP contribution is 2.41. The first kappa shape index (κ1) is 31.5. The van der Waals surface area contributed by atoms with E-state index >= 15 is 0 Å². The van der Waals surface area contributed by atoms with E-state index in [1.54, 1.807) is 24.0 Å². The average Bonchev–Trinajstić information content (AvgIpc) is 3.57. The van der Waals surface area contributed by atoms with Crippen LogP contribution in [0.1, 0.15) is 32.4 Å². The molecule has 3 aromatic heterocycles. The summed E-state index contributed by atoms with van der Waals surface area (Å²) in [5.74, 6) is 1.22. The number of aromatic nitrogens is 5. The Labute approximate surface area is 264 Å². The number of hydrogen-bond acceptors (Lipinski definition) is 14. The summed E-state index contributed by atoms with van der Waals surface area (Å²) in [6.07, 6.45) is 1.76. The number of esters is 3. The Bertz CT molecular complexity index is 1480. The van der Waals surface area contributed by atoms with Crippen molar-refractivity contribution in [1.82, 2.24) is 25.0 Å². The molecule has 4 heterocycles. The number of carbonyl (C=O) groups is 3. The molecule has 216 valence electrons. The summed E-state index contributed by atoms with van der Waals surface area (Å²) in [7, 11) is 1.34. The Morgan fingerprint density at radius 1 is 1.17 bits per heavy atom. The predicted molar refractivity (Wildman–Crippen MR) is 160 cm³/mol. The number of thioether (sulfide) groups is 1. The van der Waals surface area contributed by atoms with E-state index in [2.05, 4.69) is 52.7 Å². The van der Waals surface area contributed by atoms with Crippen molar-refractivity contribution < 1.29 is 33.3 Å². The minimum absolute atomic E-state index is 0.242. The maximum atomic E-state index is 12.3. The van der Waals surface area contributed by atoms with Crippen LogP contribution in [0, 0.1) is 11.2 Å². The van der Waals surface area contributed by atoms with Gasteiger partial charge in [-0.1, -0.05) is 34.5 Å². The van der Waals surface area contributed by atoms with Crippen LogP contribution in [0.15, 0.2) is 34.9 Å². The van der Waals surface area contributed by atoms with Crippen molar-refractivity contribution in [3.8, 4) is 21.9 Å². The van der Waals surface area contributed by atoms with Crippen LogP contribution >= 0.6 is 64.8 Å². The normalized spacial score (nSPS) is 21.8. The van der Waals surface area contributed by atoms with Gasteiger partial charge in [-0.05, 0) is 20.3 Å². The zero-order valence-electron chi connectivity index (χ0n) is 21.6. The lowest BCUT2D eigenvalue weighted by molar-refractivity contribution is -0.212. The number of hydrogen-bond donors (Lipinski definition) is 0. The number of pyridine rings is 1. The first-order valence-electron chi connectivity index (χ1n) is 11.7. The summed E-state index contributed by atoms with van der Waals surface area (Å²) in [4.78, 5) is 45.5. The van der Waals surface area contributed by atoms with Crippen molar-refractivity contribution in [2.45, 2.75) is 55.5 Å². The fraction of sp³-hybridized carbons (Fsp3) is 0.375. The van der Waals surface area contributed by atoms with E-state index in [-0.39, 0.29) is 6.61 Å². The summed E-state index contributed by atoms with van der Waals surface area (Å²) in [6.45, 7) is 3.50. The lowest BCUT2D eigenvalue weighted by Gasteiger charge is -2.44. The van der Waals surface area contributed by atoms with Gasteiger partial charge in [-0.2, -0.15) is 0 Å². The zero-order valence-corrected chi connectivity index (χ0v) is 26.9. The maximum absolute atomic E-state index is 12.3. The van der Waals surface area contributed by atoms with Gasteiger partial charge in [-0.3, -0.25) is 19.4 Å². The van der Waals surface area contributed by atoms with Crippen LogP contribution in [0.5, 0.6) is 0 Å². The van der Waals surface area contributed by atoms with Gasteiger partial charge in [0.2, 0.25) is 0 Å². The topological polar surface area (TPSA) is 145 Å². The number of carbonyl (C=O) groups excluding carboxylic acids is 3. The first-order valence-corrected chi connectivity index (χ1v) is 17.2. The highest BCUT2D eigenvalue weighted by atomic mass is 127. The van der Waals surface area contributed by atoms with E-state index in [1.165, 1.54) is 57.5 Å². The third kappa shape index (κ3) is 8.55. The molecule has 5 atom stereocenters. The Balaban J connectivity index is 1.78. The molecule has 3 aromatic rings. The van der Waals surface area contributed by atoms with Gasteiger partial charge in [-0.15, -0.1) is 16.4 Å². The molecule has 0 aliphatic carbocycles. The molecule has 1 aliphatic rings. The summed E-state index contributed by atoms with van der Waals surface area (Å²) < 4.78 is 24.5. The summed E-state index contributed by atoms with van der Waals surface area (Å²) >= 11 is 10.6. The molecule has 1 fully saturated rings. The molecule has 12 nitrogen and oxygen atoms in total. The van der Waals surface area contributed by atoms with Crippen molar-refractivity contribution in [3.05, 3.63) is 40.8 Å². The molecule has 0 saturated carbocycles. The molecular formula is C24H21ClIN5O7S3. The fourth-order valence-corrected chi connectivity index (χ4v) is 6.45. The summed E-state index contributed by atoms with van der Waals surface area (Å²) in [5, 5.41) is 13.8. The van der Waals surface area contributed by atoms with E-state index < -0.39 is 47.7 Å². The molecule has 0 radical (unpaired) electrons. The molecule has 0 N–H and O–H groups in total. The Hall–Kier alpha value is -2.43. The number of halogens is 2. The third-order valence-corrected chi connectivity index (χ3v) is 8.52. The minimum atomic E-state index is -1.08. The quantitative estimate of drug-likeness (QED) is 0.140. The largest absolute Gasteiger partial charge is 0.463 e. The molecule has 0 spiro atoms. The van der Waals surface area contributed by atoms with Crippen LogP contribution in [0.2, 0.25) is 5.15 Å². The van der Waals surface area contributed by atoms with Crippen LogP contribution in [0.4, 0.5) is 0 Å². The van der Waals surface area contributed by atoms with Gasteiger partial charge in [-0.25, -0.2) is 9.67 Å². The van der Waals surface area contributed by atoms with E-state index in [0.717, 1.165) is 0 Å². The Kier molecular flexibility index (Phi) is 11.3. The SMILES string of the molecule is CC(=O)OCC1OC(Sc2cncc(C#CSI)c2)C(OC(C)=O)C(n2cc(-c3nc(Cl)cs3)nn2)C1OC(C)=O. The zero-order chi connectivity index (χ0) is 29.5. The molecule has 1 aliphatic heterocycles. The molecule has 0 amide bonds. The maximum Gasteiger partial charge on any atom is 0.303 e. The van der Waals surface area contributed by atoms with Gasteiger partial charge in [0.25, 0.3) is 0 Å². The number of thiazole rings is 1. The fourth-order valence-electron chi connectivity index (χ4n) is 3.93. The predicted octanol–water partition coefficient (Wildman–Crippen LogP) is 4.33. The third-order valence-electron chi connectivity index (χ3n) is 5.38. The Morgan fingerprint density at radius 2 is 1.93 bits per heavy atom. The van der Waals surface area contributed by atoms with Crippen LogP contribution in [0.25, 0.3) is 10.7 Å². The second kappa shape index (κ2) is 14.6. The van der Waals surface area contributed by atoms with Crippen molar-refractivity contribution in [3.63, 3.8) is 0 Å². The van der Waals surface area contributed by atoms with E-state index in [1.807, 2.05) is 6.07 Å². The van der Waals surface area contributed by atoms with Gasteiger partial charge < -0.3 is 18.9 Å².